The Bertz CT molecular complexity index is 1630. The van der Waals surface area contributed by atoms with Crippen molar-refractivity contribution in [3.63, 3.8) is 0 Å². The molecular formula is C28H27N7O2. The number of nitrogens with zero attached hydrogens (tertiary/aromatic N) is 5. The van der Waals surface area contributed by atoms with Crippen molar-refractivity contribution < 1.29 is 9.59 Å². The molecule has 37 heavy (non-hydrogen) atoms. The van der Waals surface area contributed by atoms with Crippen LogP contribution in [0.5, 0.6) is 0 Å². The number of pyridine rings is 1. The standard InChI is InChI=1S/C28H27N7O2/c1-16(2)26(36)33-28-32-24-15-21(12-13-35(24)34-28)20-10-11-23-22(14-20)25(31-18(4)30-23)27(37)29-17(3)19-8-6-5-7-9-19/h5-17H,1-4H3,(H,29,37)(H,33,34,36)/t17-/m1/s1. The quantitative estimate of drug-likeness (QED) is 0.353. The topological polar surface area (TPSA) is 114 Å². The second-order valence-corrected chi connectivity index (χ2v) is 9.25. The fraction of sp³-hybridized carbons (Fsp3) is 0.214. The van der Waals surface area contributed by atoms with Crippen LogP contribution in [0.25, 0.3) is 27.7 Å². The summed E-state index contributed by atoms with van der Waals surface area (Å²) in [5.41, 5.74) is 4.38. The second kappa shape index (κ2) is 9.77. The average molecular weight is 494 g/mol. The zero-order valence-corrected chi connectivity index (χ0v) is 21.1. The van der Waals surface area contributed by atoms with Crippen LogP contribution in [0.4, 0.5) is 5.95 Å². The number of carbonyl (C=O) groups excluding carboxylic acids is 2. The molecule has 2 amide bonds. The summed E-state index contributed by atoms with van der Waals surface area (Å²) in [4.78, 5) is 38.8. The lowest BCUT2D eigenvalue weighted by Crippen LogP contribution is -2.28. The third kappa shape index (κ3) is 5.02. The molecule has 0 radical (unpaired) electrons. The lowest BCUT2D eigenvalue weighted by atomic mass is 10.0. The number of aryl methyl sites for hydroxylation is 1. The lowest BCUT2D eigenvalue weighted by molar-refractivity contribution is -0.118. The van der Waals surface area contributed by atoms with E-state index in [0.717, 1.165) is 16.7 Å². The zero-order valence-electron chi connectivity index (χ0n) is 21.1. The van der Waals surface area contributed by atoms with E-state index in [2.05, 4.69) is 30.7 Å². The molecule has 2 aromatic carbocycles. The summed E-state index contributed by atoms with van der Waals surface area (Å²) in [6, 6.07) is 19.2. The number of hydrogen-bond acceptors (Lipinski definition) is 6. The Kier molecular flexibility index (Phi) is 6.35. The van der Waals surface area contributed by atoms with E-state index in [0.29, 0.717) is 28.1 Å². The molecule has 3 aromatic heterocycles. The Hall–Kier alpha value is -4.66. The van der Waals surface area contributed by atoms with E-state index in [1.807, 2.05) is 81.4 Å². The van der Waals surface area contributed by atoms with E-state index in [1.54, 1.807) is 17.6 Å². The molecule has 5 aromatic rings. The largest absolute Gasteiger partial charge is 0.344 e. The monoisotopic (exact) mass is 493 g/mol. The van der Waals surface area contributed by atoms with Gasteiger partial charge >= 0.3 is 0 Å². The molecule has 0 aliphatic heterocycles. The number of rotatable bonds is 6. The maximum absolute atomic E-state index is 13.3. The number of carbonyl (C=O) groups is 2. The van der Waals surface area contributed by atoms with Crippen molar-refractivity contribution in [3.8, 4) is 11.1 Å². The van der Waals surface area contributed by atoms with Gasteiger partial charge in [0.2, 0.25) is 11.9 Å². The predicted octanol–water partition coefficient (Wildman–Crippen LogP) is 4.73. The Morgan fingerprint density at radius 2 is 1.65 bits per heavy atom. The Labute approximate surface area is 214 Å². The van der Waals surface area contributed by atoms with Crippen molar-refractivity contribution in [2.75, 3.05) is 5.32 Å². The van der Waals surface area contributed by atoms with Crippen molar-refractivity contribution in [3.05, 3.63) is 83.9 Å². The minimum absolute atomic E-state index is 0.145. The van der Waals surface area contributed by atoms with Gasteiger partial charge in [-0.15, -0.1) is 5.10 Å². The number of fused-ring (bicyclic) bond motifs is 2. The first-order valence-electron chi connectivity index (χ1n) is 12.1. The van der Waals surface area contributed by atoms with Crippen molar-refractivity contribution in [2.24, 2.45) is 5.92 Å². The smallest absolute Gasteiger partial charge is 0.271 e. The SMILES string of the molecule is Cc1nc(C(=O)N[C@H](C)c2ccccc2)c2cc(-c3ccn4nc(NC(=O)C(C)C)nc4c3)ccc2n1. The van der Waals surface area contributed by atoms with E-state index in [-0.39, 0.29) is 29.7 Å². The summed E-state index contributed by atoms with van der Waals surface area (Å²) in [5, 5.41) is 10.8. The van der Waals surface area contributed by atoms with E-state index in [9.17, 15) is 9.59 Å². The summed E-state index contributed by atoms with van der Waals surface area (Å²) < 4.78 is 1.61. The van der Waals surface area contributed by atoms with Crippen LogP contribution in [-0.4, -0.2) is 36.4 Å². The molecule has 0 aliphatic carbocycles. The average Bonchev–Trinajstić information content (AvgIpc) is 3.29. The van der Waals surface area contributed by atoms with Crippen molar-refractivity contribution in [1.82, 2.24) is 29.9 Å². The van der Waals surface area contributed by atoms with E-state index < -0.39 is 0 Å². The number of anilines is 1. The van der Waals surface area contributed by atoms with Crippen molar-refractivity contribution in [2.45, 2.75) is 33.7 Å². The fourth-order valence-corrected chi connectivity index (χ4v) is 4.06. The summed E-state index contributed by atoms with van der Waals surface area (Å²) >= 11 is 0. The Morgan fingerprint density at radius 3 is 2.41 bits per heavy atom. The number of nitrogens with one attached hydrogen (secondary N) is 2. The number of hydrogen-bond donors (Lipinski definition) is 2. The van der Waals surface area contributed by atoms with Gasteiger partial charge in [0.25, 0.3) is 5.91 Å². The first-order chi connectivity index (χ1) is 17.8. The summed E-state index contributed by atoms with van der Waals surface area (Å²) in [5.74, 6) is 0.201. The van der Waals surface area contributed by atoms with Crippen LogP contribution in [0.1, 0.15) is 48.7 Å². The summed E-state index contributed by atoms with van der Waals surface area (Å²) in [6.45, 7) is 7.34. The summed E-state index contributed by atoms with van der Waals surface area (Å²) in [6.07, 6.45) is 1.79. The molecule has 0 aliphatic rings. The van der Waals surface area contributed by atoms with Gasteiger partial charge in [0.1, 0.15) is 11.5 Å². The van der Waals surface area contributed by atoms with Crippen LogP contribution in [0.15, 0.2) is 66.9 Å². The molecule has 3 heterocycles. The maximum Gasteiger partial charge on any atom is 0.271 e. The Balaban J connectivity index is 1.49. The van der Waals surface area contributed by atoms with E-state index in [4.69, 9.17) is 0 Å². The molecule has 0 saturated carbocycles. The highest BCUT2D eigenvalue weighted by molar-refractivity contribution is 6.05. The van der Waals surface area contributed by atoms with Crippen molar-refractivity contribution in [1.29, 1.82) is 0 Å². The van der Waals surface area contributed by atoms with Gasteiger partial charge < -0.3 is 5.32 Å². The molecule has 0 unspecified atom stereocenters. The van der Waals surface area contributed by atoms with Crippen LogP contribution < -0.4 is 10.6 Å². The maximum atomic E-state index is 13.3. The van der Waals surface area contributed by atoms with Crippen LogP contribution in [0.3, 0.4) is 0 Å². The van der Waals surface area contributed by atoms with Gasteiger partial charge in [0.05, 0.1) is 11.6 Å². The third-order valence-corrected chi connectivity index (χ3v) is 6.10. The highest BCUT2D eigenvalue weighted by atomic mass is 16.2. The van der Waals surface area contributed by atoms with Gasteiger partial charge in [0, 0.05) is 17.5 Å². The predicted molar refractivity (Wildman–Crippen MR) is 142 cm³/mol. The molecule has 0 spiro atoms. The molecule has 186 valence electrons. The minimum Gasteiger partial charge on any atom is -0.344 e. The van der Waals surface area contributed by atoms with Crippen LogP contribution in [0.2, 0.25) is 0 Å². The van der Waals surface area contributed by atoms with Gasteiger partial charge in [0.15, 0.2) is 5.65 Å². The molecule has 9 heteroatoms. The molecule has 0 bridgehead atoms. The minimum atomic E-state index is -0.262. The van der Waals surface area contributed by atoms with Crippen LogP contribution >= 0.6 is 0 Å². The number of benzene rings is 2. The fourth-order valence-electron chi connectivity index (χ4n) is 4.06. The second-order valence-electron chi connectivity index (χ2n) is 9.25. The van der Waals surface area contributed by atoms with Gasteiger partial charge in [-0.25, -0.2) is 14.5 Å². The van der Waals surface area contributed by atoms with Gasteiger partial charge in [-0.05, 0) is 54.8 Å². The highest BCUT2D eigenvalue weighted by Gasteiger charge is 2.18. The van der Waals surface area contributed by atoms with Gasteiger partial charge in [-0.1, -0.05) is 50.2 Å². The molecule has 5 rings (SSSR count). The van der Waals surface area contributed by atoms with Crippen LogP contribution in [0, 0.1) is 12.8 Å². The molecule has 1 atom stereocenters. The molecule has 0 fully saturated rings. The highest BCUT2D eigenvalue weighted by Crippen LogP contribution is 2.27. The van der Waals surface area contributed by atoms with E-state index >= 15 is 0 Å². The molecule has 9 nitrogen and oxygen atoms in total. The third-order valence-electron chi connectivity index (χ3n) is 6.10. The zero-order chi connectivity index (χ0) is 26.1. The molecule has 0 saturated heterocycles. The number of amides is 2. The Morgan fingerprint density at radius 1 is 0.892 bits per heavy atom. The molecule has 2 N–H and O–H groups in total. The van der Waals surface area contributed by atoms with Crippen molar-refractivity contribution >= 4 is 34.3 Å². The van der Waals surface area contributed by atoms with Crippen LogP contribution in [-0.2, 0) is 4.79 Å². The number of aromatic nitrogens is 5. The van der Waals surface area contributed by atoms with Gasteiger partial charge in [-0.2, -0.15) is 4.98 Å². The first-order valence-corrected chi connectivity index (χ1v) is 12.1. The normalized spacial score (nSPS) is 12.1. The first kappa shape index (κ1) is 24.1. The van der Waals surface area contributed by atoms with Gasteiger partial charge in [-0.3, -0.25) is 14.9 Å². The van der Waals surface area contributed by atoms with E-state index in [1.165, 1.54) is 0 Å². The molecular weight excluding hydrogens is 466 g/mol. The summed E-state index contributed by atoms with van der Waals surface area (Å²) in [7, 11) is 0. The lowest BCUT2D eigenvalue weighted by Gasteiger charge is -2.15.